The lowest BCUT2D eigenvalue weighted by molar-refractivity contribution is 0.0920. The van der Waals surface area contributed by atoms with Gasteiger partial charge in [-0.1, -0.05) is 20.8 Å². The lowest BCUT2D eigenvalue weighted by Gasteiger charge is -2.14. The molecule has 1 amide bonds. The molecule has 1 atom stereocenters. The van der Waals surface area contributed by atoms with Crippen molar-refractivity contribution in [1.82, 2.24) is 5.32 Å². The van der Waals surface area contributed by atoms with E-state index in [2.05, 4.69) is 19.2 Å². The van der Waals surface area contributed by atoms with Crippen LogP contribution in [0.5, 0.6) is 0 Å². The van der Waals surface area contributed by atoms with E-state index in [9.17, 15) is 4.79 Å². The van der Waals surface area contributed by atoms with Gasteiger partial charge in [0.2, 0.25) is 0 Å². The highest BCUT2D eigenvalue weighted by Crippen LogP contribution is 2.08. The Bertz CT molecular complexity index is 358. The molecule has 0 bridgehead atoms. The molecule has 1 aromatic heterocycles. The average molecular weight is 238 g/mol. The quantitative estimate of drug-likeness (QED) is 0.796. The highest BCUT2D eigenvalue weighted by atomic mass is 16.3. The number of nitrogens with two attached hydrogens (primary N) is 1. The first-order valence-electron chi connectivity index (χ1n) is 6.15. The molecule has 1 aromatic rings. The smallest absolute Gasteiger partial charge is 0.287 e. The molecule has 1 unspecified atom stereocenters. The predicted molar refractivity (Wildman–Crippen MR) is 67.8 cm³/mol. The molecule has 3 N–H and O–H groups in total. The van der Waals surface area contributed by atoms with Gasteiger partial charge in [0.25, 0.3) is 5.91 Å². The molecule has 0 saturated heterocycles. The molecule has 0 saturated carbocycles. The molecule has 0 radical (unpaired) electrons. The molecular weight excluding hydrogens is 216 g/mol. The minimum atomic E-state index is -0.191. The van der Waals surface area contributed by atoms with Crippen LogP contribution in [-0.2, 0) is 6.42 Å². The summed E-state index contributed by atoms with van der Waals surface area (Å²) in [5.41, 5.74) is 5.89. The van der Waals surface area contributed by atoms with E-state index in [4.69, 9.17) is 10.2 Å². The Labute approximate surface area is 103 Å². The SMILES string of the molecule is CCc1ccc(C(=O)NCC(N)CC(C)C)o1. The van der Waals surface area contributed by atoms with Crippen molar-refractivity contribution in [3.05, 3.63) is 23.7 Å². The van der Waals surface area contributed by atoms with Crippen LogP contribution in [0.4, 0.5) is 0 Å². The molecule has 4 heteroatoms. The standard InChI is InChI=1S/C13H22N2O2/c1-4-11-5-6-12(17-11)13(16)15-8-10(14)7-9(2)3/h5-6,9-10H,4,7-8,14H2,1-3H3,(H,15,16). The summed E-state index contributed by atoms with van der Waals surface area (Å²) in [5.74, 6) is 1.53. The van der Waals surface area contributed by atoms with Gasteiger partial charge in [-0.05, 0) is 24.5 Å². The van der Waals surface area contributed by atoms with E-state index in [1.54, 1.807) is 6.07 Å². The monoisotopic (exact) mass is 238 g/mol. The second kappa shape index (κ2) is 6.45. The van der Waals surface area contributed by atoms with Crippen molar-refractivity contribution < 1.29 is 9.21 Å². The van der Waals surface area contributed by atoms with Crippen LogP contribution in [0.2, 0.25) is 0 Å². The predicted octanol–water partition coefficient (Wildman–Crippen LogP) is 1.95. The van der Waals surface area contributed by atoms with Gasteiger partial charge in [0.15, 0.2) is 5.76 Å². The van der Waals surface area contributed by atoms with E-state index in [0.717, 1.165) is 18.6 Å². The maximum Gasteiger partial charge on any atom is 0.287 e. The largest absolute Gasteiger partial charge is 0.456 e. The second-order valence-electron chi connectivity index (χ2n) is 4.72. The van der Waals surface area contributed by atoms with Gasteiger partial charge < -0.3 is 15.5 Å². The highest BCUT2D eigenvalue weighted by Gasteiger charge is 2.12. The summed E-state index contributed by atoms with van der Waals surface area (Å²) in [6, 6.07) is 3.52. The minimum absolute atomic E-state index is 0.000409. The molecule has 0 aliphatic carbocycles. The number of amides is 1. The third-order valence-electron chi connectivity index (χ3n) is 2.53. The first-order chi connectivity index (χ1) is 8.02. The number of furan rings is 1. The van der Waals surface area contributed by atoms with E-state index in [-0.39, 0.29) is 11.9 Å². The van der Waals surface area contributed by atoms with Gasteiger partial charge in [0.05, 0.1) is 0 Å². The Morgan fingerprint density at radius 3 is 2.71 bits per heavy atom. The summed E-state index contributed by atoms with van der Waals surface area (Å²) >= 11 is 0. The fourth-order valence-electron chi connectivity index (χ4n) is 1.69. The molecule has 4 nitrogen and oxygen atoms in total. The van der Waals surface area contributed by atoms with Crippen LogP contribution < -0.4 is 11.1 Å². The molecule has 1 heterocycles. The van der Waals surface area contributed by atoms with Crippen molar-refractivity contribution in [2.24, 2.45) is 11.7 Å². The lowest BCUT2D eigenvalue weighted by atomic mass is 10.0. The summed E-state index contributed by atoms with van der Waals surface area (Å²) in [7, 11) is 0. The van der Waals surface area contributed by atoms with Gasteiger partial charge in [-0.2, -0.15) is 0 Å². The molecule has 0 aliphatic heterocycles. The number of carbonyl (C=O) groups excluding carboxylic acids is 1. The molecule has 0 fully saturated rings. The van der Waals surface area contributed by atoms with Crippen LogP contribution in [-0.4, -0.2) is 18.5 Å². The zero-order valence-corrected chi connectivity index (χ0v) is 10.8. The maximum absolute atomic E-state index is 11.7. The number of rotatable bonds is 6. The van der Waals surface area contributed by atoms with Crippen molar-refractivity contribution in [2.75, 3.05) is 6.54 Å². The summed E-state index contributed by atoms with van der Waals surface area (Å²) < 4.78 is 5.36. The van der Waals surface area contributed by atoms with Crippen LogP contribution in [0.3, 0.4) is 0 Å². The zero-order chi connectivity index (χ0) is 12.8. The molecule has 1 rings (SSSR count). The van der Waals surface area contributed by atoms with E-state index >= 15 is 0 Å². The number of aryl methyl sites for hydroxylation is 1. The van der Waals surface area contributed by atoms with Crippen LogP contribution in [0.15, 0.2) is 16.5 Å². The molecule has 17 heavy (non-hydrogen) atoms. The summed E-state index contributed by atoms with van der Waals surface area (Å²) in [5, 5.41) is 2.78. The third-order valence-corrected chi connectivity index (χ3v) is 2.53. The third kappa shape index (κ3) is 4.61. The van der Waals surface area contributed by atoms with Crippen molar-refractivity contribution in [1.29, 1.82) is 0 Å². The van der Waals surface area contributed by atoms with E-state index in [1.807, 2.05) is 13.0 Å². The fourth-order valence-corrected chi connectivity index (χ4v) is 1.69. The van der Waals surface area contributed by atoms with E-state index in [1.165, 1.54) is 0 Å². The van der Waals surface area contributed by atoms with Crippen LogP contribution in [0.1, 0.15) is 43.5 Å². The van der Waals surface area contributed by atoms with Gasteiger partial charge in [-0.3, -0.25) is 4.79 Å². The molecule has 0 aliphatic rings. The molecule has 0 spiro atoms. The second-order valence-corrected chi connectivity index (χ2v) is 4.72. The summed E-state index contributed by atoms with van der Waals surface area (Å²) in [4.78, 5) is 11.7. The number of hydrogen-bond donors (Lipinski definition) is 2. The minimum Gasteiger partial charge on any atom is -0.456 e. The first-order valence-corrected chi connectivity index (χ1v) is 6.15. The summed E-state index contributed by atoms with van der Waals surface area (Å²) in [6.07, 6.45) is 1.69. The number of carbonyl (C=O) groups is 1. The van der Waals surface area contributed by atoms with Gasteiger partial charge in [0.1, 0.15) is 5.76 Å². The van der Waals surface area contributed by atoms with Crippen LogP contribution >= 0.6 is 0 Å². The van der Waals surface area contributed by atoms with Crippen molar-refractivity contribution >= 4 is 5.91 Å². The van der Waals surface area contributed by atoms with Crippen molar-refractivity contribution in [3.63, 3.8) is 0 Å². The zero-order valence-electron chi connectivity index (χ0n) is 10.8. The van der Waals surface area contributed by atoms with Gasteiger partial charge >= 0.3 is 0 Å². The summed E-state index contributed by atoms with van der Waals surface area (Å²) in [6.45, 7) is 6.70. The highest BCUT2D eigenvalue weighted by molar-refractivity contribution is 5.91. The Kier molecular flexibility index (Phi) is 5.22. The first kappa shape index (κ1) is 13.8. The Hall–Kier alpha value is -1.29. The fraction of sp³-hybridized carbons (Fsp3) is 0.615. The van der Waals surface area contributed by atoms with Crippen LogP contribution in [0.25, 0.3) is 0 Å². The Morgan fingerprint density at radius 1 is 1.47 bits per heavy atom. The average Bonchev–Trinajstić information content (AvgIpc) is 2.73. The van der Waals surface area contributed by atoms with Crippen LogP contribution in [0, 0.1) is 5.92 Å². The number of hydrogen-bond acceptors (Lipinski definition) is 3. The normalized spacial score (nSPS) is 12.8. The van der Waals surface area contributed by atoms with Crippen molar-refractivity contribution in [3.8, 4) is 0 Å². The molecule has 0 aromatic carbocycles. The van der Waals surface area contributed by atoms with Crippen molar-refractivity contribution in [2.45, 2.75) is 39.7 Å². The lowest BCUT2D eigenvalue weighted by Crippen LogP contribution is -2.37. The Balaban J connectivity index is 2.39. The van der Waals surface area contributed by atoms with Gasteiger partial charge in [-0.15, -0.1) is 0 Å². The van der Waals surface area contributed by atoms with E-state index < -0.39 is 0 Å². The van der Waals surface area contributed by atoms with Gasteiger partial charge in [0, 0.05) is 19.0 Å². The van der Waals surface area contributed by atoms with Gasteiger partial charge in [-0.25, -0.2) is 0 Å². The molecular formula is C13H22N2O2. The maximum atomic E-state index is 11.7. The number of nitrogens with one attached hydrogen (secondary N) is 1. The van der Waals surface area contributed by atoms with E-state index in [0.29, 0.717) is 18.2 Å². The topological polar surface area (TPSA) is 68.3 Å². The molecule has 96 valence electrons. The Morgan fingerprint density at radius 2 is 2.18 bits per heavy atom.